The largest absolute Gasteiger partial charge is 0.305 e. The molecular formula is C14H18ClN3S. The maximum absolute atomic E-state index is 6.01. The highest BCUT2D eigenvalue weighted by atomic mass is 35.5. The van der Waals surface area contributed by atoms with E-state index in [0.29, 0.717) is 0 Å². The van der Waals surface area contributed by atoms with Gasteiger partial charge >= 0.3 is 0 Å². The number of aromatic nitrogens is 1. The van der Waals surface area contributed by atoms with Crippen molar-refractivity contribution in [3.05, 3.63) is 28.2 Å². The van der Waals surface area contributed by atoms with Crippen LogP contribution in [0, 0.1) is 0 Å². The first-order valence-corrected chi connectivity index (χ1v) is 7.86. The fraction of sp³-hybridized carbons (Fsp3) is 0.500. The lowest BCUT2D eigenvalue weighted by Crippen LogP contribution is -2.28. The third-order valence-electron chi connectivity index (χ3n) is 3.56. The molecule has 2 heterocycles. The predicted molar refractivity (Wildman–Crippen MR) is 82.0 cm³/mol. The lowest BCUT2D eigenvalue weighted by molar-refractivity contribution is 0.269. The molecule has 3 rings (SSSR count). The van der Waals surface area contributed by atoms with Gasteiger partial charge in [0.25, 0.3) is 0 Å². The number of halogens is 1. The van der Waals surface area contributed by atoms with E-state index in [1.807, 2.05) is 12.1 Å². The molecule has 1 fully saturated rings. The van der Waals surface area contributed by atoms with Gasteiger partial charge in [-0.3, -0.25) is 4.90 Å². The molecule has 1 saturated heterocycles. The van der Waals surface area contributed by atoms with Crippen molar-refractivity contribution in [1.82, 2.24) is 14.8 Å². The van der Waals surface area contributed by atoms with Crippen molar-refractivity contribution in [2.24, 2.45) is 0 Å². The SMILES string of the molecule is CN1CCCN(Cc2nc3cc(Cl)ccc3s2)CC1. The average Bonchev–Trinajstić information content (AvgIpc) is 2.65. The summed E-state index contributed by atoms with van der Waals surface area (Å²) >= 11 is 7.79. The van der Waals surface area contributed by atoms with E-state index < -0.39 is 0 Å². The van der Waals surface area contributed by atoms with E-state index in [9.17, 15) is 0 Å². The van der Waals surface area contributed by atoms with Crippen molar-refractivity contribution >= 4 is 33.2 Å². The summed E-state index contributed by atoms with van der Waals surface area (Å²) in [5.74, 6) is 0. The molecule has 0 bridgehead atoms. The van der Waals surface area contributed by atoms with Crippen LogP contribution in [0.1, 0.15) is 11.4 Å². The van der Waals surface area contributed by atoms with Crippen LogP contribution in [0.3, 0.4) is 0 Å². The van der Waals surface area contributed by atoms with Crippen LogP contribution in [0.5, 0.6) is 0 Å². The molecule has 1 aliphatic rings. The molecule has 0 atom stereocenters. The van der Waals surface area contributed by atoms with Crippen molar-refractivity contribution in [3.63, 3.8) is 0 Å². The zero-order valence-electron chi connectivity index (χ0n) is 11.1. The minimum absolute atomic E-state index is 0.765. The summed E-state index contributed by atoms with van der Waals surface area (Å²) in [5, 5.41) is 1.96. The number of fused-ring (bicyclic) bond motifs is 1. The summed E-state index contributed by atoms with van der Waals surface area (Å²) < 4.78 is 1.23. The number of nitrogens with zero attached hydrogens (tertiary/aromatic N) is 3. The van der Waals surface area contributed by atoms with Gasteiger partial charge in [0.05, 0.1) is 16.8 Å². The van der Waals surface area contributed by atoms with Crippen LogP contribution < -0.4 is 0 Å². The van der Waals surface area contributed by atoms with Crippen LogP contribution in [0.15, 0.2) is 18.2 Å². The molecule has 0 radical (unpaired) electrons. The Hall–Kier alpha value is -0.680. The fourth-order valence-corrected chi connectivity index (χ4v) is 3.62. The summed E-state index contributed by atoms with van der Waals surface area (Å²) in [6, 6.07) is 5.95. The van der Waals surface area contributed by atoms with Gasteiger partial charge in [0.15, 0.2) is 0 Å². The van der Waals surface area contributed by atoms with Gasteiger partial charge in [-0.2, -0.15) is 0 Å². The third-order valence-corrected chi connectivity index (χ3v) is 4.82. The number of benzene rings is 1. The van der Waals surface area contributed by atoms with E-state index in [-0.39, 0.29) is 0 Å². The first-order chi connectivity index (χ1) is 9.20. The van der Waals surface area contributed by atoms with Gasteiger partial charge in [0, 0.05) is 18.1 Å². The van der Waals surface area contributed by atoms with Crippen LogP contribution in [0.2, 0.25) is 5.02 Å². The fourth-order valence-electron chi connectivity index (χ4n) is 2.47. The summed E-state index contributed by atoms with van der Waals surface area (Å²) in [5.41, 5.74) is 1.03. The maximum atomic E-state index is 6.01. The second-order valence-corrected chi connectivity index (χ2v) is 6.70. The molecule has 0 amide bonds. The highest BCUT2D eigenvalue weighted by Gasteiger charge is 2.14. The first-order valence-electron chi connectivity index (χ1n) is 6.66. The molecule has 1 aromatic carbocycles. The Morgan fingerprint density at radius 2 is 2.16 bits per heavy atom. The van der Waals surface area contributed by atoms with E-state index in [2.05, 4.69) is 22.9 Å². The molecule has 0 saturated carbocycles. The standard InChI is InChI=1S/C14H18ClN3S/c1-17-5-2-6-18(8-7-17)10-14-16-12-9-11(15)3-4-13(12)19-14/h3-4,9H,2,5-8,10H2,1H3. The van der Waals surface area contributed by atoms with Gasteiger partial charge in [-0.15, -0.1) is 11.3 Å². The molecule has 0 aliphatic carbocycles. The summed E-state index contributed by atoms with van der Waals surface area (Å²) in [4.78, 5) is 9.60. The maximum Gasteiger partial charge on any atom is 0.108 e. The molecule has 3 nitrogen and oxygen atoms in total. The lowest BCUT2D eigenvalue weighted by atomic mass is 10.3. The summed E-state index contributed by atoms with van der Waals surface area (Å²) in [7, 11) is 2.20. The molecule has 5 heteroatoms. The molecular weight excluding hydrogens is 278 g/mol. The van der Waals surface area contributed by atoms with E-state index in [1.165, 1.54) is 29.2 Å². The Balaban J connectivity index is 1.73. The van der Waals surface area contributed by atoms with Crippen molar-refractivity contribution in [2.75, 3.05) is 33.2 Å². The Labute approximate surface area is 122 Å². The topological polar surface area (TPSA) is 19.4 Å². The van der Waals surface area contributed by atoms with E-state index in [1.54, 1.807) is 11.3 Å². The van der Waals surface area contributed by atoms with Crippen molar-refractivity contribution in [1.29, 1.82) is 0 Å². The number of hydrogen-bond acceptors (Lipinski definition) is 4. The zero-order valence-corrected chi connectivity index (χ0v) is 12.7. The number of likely N-dealkylation sites (N-methyl/N-ethyl adjacent to an activating group) is 1. The Morgan fingerprint density at radius 1 is 1.26 bits per heavy atom. The molecule has 0 N–H and O–H groups in total. The van der Waals surface area contributed by atoms with Crippen molar-refractivity contribution < 1.29 is 0 Å². The van der Waals surface area contributed by atoms with Gasteiger partial charge in [-0.25, -0.2) is 4.98 Å². The zero-order chi connectivity index (χ0) is 13.2. The highest BCUT2D eigenvalue weighted by molar-refractivity contribution is 7.18. The molecule has 1 aromatic heterocycles. The van der Waals surface area contributed by atoms with Crippen molar-refractivity contribution in [2.45, 2.75) is 13.0 Å². The molecule has 0 unspecified atom stereocenters. The summed E-state index contributed by atoms with van der Waals surface area (Å²) in [6.07, 6.45) is 1.24. The Morgan fingerprint density at radius 3 is 3.05 bits per heavy atom. The van der Waals surface area contributed by atoms with Gasteiger partial charge in [-0.05, 0) is 44.8 Å². The second-order valence-electron chi connectivity index (χ2n) is 5.15. The van der Waals surface area contributed by atoms with Gasteiger partial charge < -0.3 is 4.90 Å². The number of thiazole rings is 1. The van der Waals surface area contributed by atoms with E-state index in [0.717, 1.165) is 30.2 Å². The van der Waals surface area contributed by atoms with Crippen LogP contribution in [0.4, 0.5) is 0 Å². The first kappa shape index (κ1) is 13.3. The monoisotopic (exact) mass is 295 g/mol. The summed E-state index contributed by atoms with van der Waals surface area (Å²) in [6.45, 7) is 5.61. The predicted octanol–water partition coefficient (Wildman–Crippen LogP) is 3.09. The normalized spacial score (nSPS) is 18.8. The second kappa shape index (κ2) is 5.75. The smallest absolute Gasteiger partial charge is 0.108 e. The number of rotatable bonds is 2. The quantitative estimate of drug-likeness (QED) is 0.849. The Kier molecular flexibility index (Phi) is 4.03. The third kappa shape index (κ3) is 3.26. The molecule has 19 heavy (non-hydrogen) atoms. The number of hydrogen-bond donors (Lipinski definition) is 0. The minimum Gasteiger partial charge on any atom is -0.305 e. The minimum atomic E-state index is 0.765. The molecule has 1 aliphatic heterocycles. The Bertz CT molecular complexity index is 569. The molecule has 0 spiro atoms. The highest BCUT2D eigenvalue weighted by Crippen LogP contribution is 2.25. The van der Waals surface area contributed by atoms with Gasteiger partial charge in [0.2, 0.25) is 0 Å². The van der Waals surface area contributed by atoms with Crippen LogP contribution in [0.25, 0.3) is 10.2 Å². The lowest BCUT2D eigenvalue weighted by Gasteiger charge is -2.18. The van der Waals surface area contributed by atoms with E-state index in [4.69, 9.17) is 16.6 Å². The van der Waals surface area contributed by atoms with Gasteiger partial charge in [-0.1, -0.05) is 11.6 Å². The van der Waals surface area contributed by atoms with Crippen LogP contribution >= 0.6 is 22.9 Å². The van der Waals surface area contributed by atoms with Crippen molar-refractivity contribution in [3.8, 4) is 0 Å². The molecule has 102 valence electrons. The van der Waals surface area contributed by atoms with Crippen LogP contribution in [-0.4, -0.2) is 48.0 Å². The van der Waals surface area contributed by atoms with Gasteiger partial charge in [0.1, 0.15) is 5.01 Å². The van der Waals surface area contributed by atoms with E-state index >= 15 is 0 Å². The average molecular weight is 296 g/mol. The molecule has 2 aromatic rings. The van der Waals surface area contributed by atoms with Crippen LogP contribution in [-0.2, 0) is 6.54 Å².